The molecule has 1 heterocycles. The van der Waals surface area contributed by atoms with Gasteiger partial charge in [0.25, 0.3) is 0 Å². The van der Waals surface area contributed by atoms with E-state index < -0.39 is 18.3 Å². The molecule has 0 atom stereocenters. The second-order valence-corrected chi connectivity index (χ2v) is 6.94. The third-order valence-electron chi connectivity index (χ3n) is 4.55. The van der Waals surface area contributed by atoms with E-state index in [-0.39, 0.29) is 11.3 Å². The summed E-state index contributed by atoms with van der Waals surface area (Å²) in [4.78, 5) is 2.19. The predicted molar refractivity (Wildman–Crippen MR) is 82.3 cm³/mol. The van der Waals surface area contributed by atoms with Crippen LogP contribution < -0.4 is 0 Å². The van der Waals surface area contributed by atoms with Crippen LogP contribution in [0.5, 0.6) is 0 Å². The molecule has 0 N–H and O–H groups in total. The molecule has 0 aromatic heterocycles. The van der Waals surface area contributed by atoms with Gasteiger partial charge in [-0.1, -0.05) is 13.8 Å². The highest BCUT2D eigenvalue weighted by Crippen LogP contribution is 2.39. The minimum Gasteiger partial charge on any atom is -0.398 e. The lowest BCUT2D eigenvalue weighted by Gasteiger charge is -2.34. The van der Waals surface area contributed by atoms with Crippen molar-refractivity contribution < 1.29 is 13.7 Å². The van der Waals surface area contributed by atoms with Crippen LogP contribution in [0.25, 0.3) is 0 Å². The molecule has 20 heavy (non-hydrogen) atoms. The molecule has 0 unspecified atom stereocenters. The molecule has 0 bridgehead atoms. The van der Waals surface area contributed by atoms with Crippen molar-refractivity contribution >= 4 is 7.12 Å². The molecule has 0 aromatic rings. The molecular formula is C15H29BFNO2. The summed E-state index contributed by atoms with van der Waals surface area (Å²) < 4.78 is 26.0. The van der Waals surface area contributed by atoms with E-state index in [4.69, 9.17) is 9.31 Å². The Bertz CT molecular complexity index is 360. The summed E-state index contributed by atoms with van der Waals surface area (Å²) in [5.74, 6) is 0. The van der Waals surface area contributed by atoms with Crippen molar-refractivity contribution in [2.45, 2.75) is 72.1 Å². The number of hydrogen-bond acceptors (Lipinski definition) is 3. The number of hydrogen-bond donors (Lipinski definition) is 0. The van der Waals surface area contributed by atoms with E-state index in [1.54, 1.807) is 6.08 Å². The van der Waals surface area contributed by atoms with E-state index in [2.05, 4.69) is 18.7 Å². The maximum Gasteiger partial charge on any atom is 0.524 e. The van der Waals surface area contributed by atoms with Crippen molar-refractivity contribution in [1.29, 1.82) is 0 Å². The Morgan fingerprint density at radius 3 is 1.85 bits per heavy atom. The van der Waals surface area contributed by atoms with Crippen LogP contribution in [0, 0.1) is 0 Å². The van der Waals surface area contributed by atoms with Gasteiger partial charge in [0.1, 0.15) is 5.73 Å². The van der Waals surface area contributed by atoms with Crippen LogP contribution in [0.4, 0.5) is 4.39 Å². The van der Waals surface area contributed by atoms with Crippen LogP contribution in [-0.4, -0.2) is 41.8 Å². The molecule has 3 nitrogen and oxygen atoms in total. The molecule has 1 rings (SSSR count). The van der Waals surface area contributed by atoms with Crippen LogP contribution >= 0.6 is 0 Å². The van der Waals surface area contributed by atoms with Crippen molar-refractivity contribution in [3.63, 3.8) is 0 Å². The SMILES string of the molecule is CCN(CC)C(C)(C)C=C(F)B1OC(C)(C)C(C)(C)O1. The molecule has 0 spiro atoms. The molecule has 5 heteroatoms. The van der Waals surface area contributed by atoms with Crippen molar-refractivity contribution in [3.8, 4) is 0 Å². The average Bonchev–Trinajstić information content (AvgIpc) is 2.48. The summed E-state index contributed by atoms with van der Waals surface area (Å²) in [5.41, 5.74) is -1.73. The van der Waals surface area contributed by atoms with Gasteiger partial charge in [0.2, 0.25) is 0 Å². The third-order valence-corrected chi connectivity index (χ3v) is 4.55. The van der Waals surface area contributed by atoms with Gasteiger partial charge in [-0.15, -0.1) is 0 Å². The molecule has 116 valence electrons. The molecular weight excluding hydrogens is 256 g/mol. The molecule has 1 fully saturated rings. The minimum atomic E-state index is -0.908. The molecule has 0 aromatic carbocycles. The molecule has 0 saturated carbocycles. The second-order valence-electron chi connectivity index (χ2n) is 6.94. The molecule has 1 aliphatic rings. The molecule has 1 aliphatic heterocycles. The van der Waals surface area contributed by atoms with Gasteiger partial charge in [-0.05, 0) is 60.7 Å². The molecule has 0 radical (unpaired) electrons. The first-order valence-electron chi connectivity index (χ1n) is 7.45. The Hall–Kier alpha value is -0.385. The standard InChI is InChI=1S/C15H29BFNO2/c1-9-18(10-2)13(3,4)11-12(17)16-19-14(5,6)15(7,8)20-16/h11H,9-10H2,1-8H3. The van der Waals surface area contributed by atoms with Crippen molar-refractivity contribution in [3.05, 3.63) is 11.8 Å². The molecule has 1 saturated heterocycles. The Balaban J connectivity index is 2.91. The van der Waals surface area contributed by atoms with Gasteiger partial charge < -0.3 is 9.31 Å². The van der Waals surface area contributed by atoms with E-state index in [1.807, 2.05) is 41.5 Å². The zero-order valence-corrected chi connectivity index (χ0v) is 14.2. The highest BCUT2D eigenvalue weighted by molar-refractivity contribution is 6.53. The van der Waals surface area contributed by atoms with Crippen LogP contribution in [0.1, 0.15) is 55.4 Å². The number of halogens is 1. The van der Waals surface area contributed by atoms with Crippen LogP contribution in [-0.2, 0) is 9.31 Å². The summed E-state index contributed by atoms with van der Waals surface area (Å²) in [7, 11) is -0.908. The summed E-state index contributed by atoms with van der Waals surface area (Å²) in [6, 6.07) is 0. The average molecular weight is 285 g/mol. The van der Waals surface area contributed by atoms with Crippen LogP contribution in [0.15, 0.2) is 11.8 Å². The first-order chi connectivity index (χ1) is 8.97. The number of nitrogens with zero attached hydrogens (tertiary/aromatic N) is 1. The maximum atomic E-state index is 14.5. The Kier molecular flexibility index (Phi) is 5.10. The number of rotatable bonds is 5. The monoisotopic (exact) mass is 285 g/mol. The fraction of sp³-hybridized carbons (Fsp3) is 0.867. The first-order valence-corrected chi connectivity index (χ1v) is 7.45. The largest absolute Gasteiger partial charge is 0.524 e. The minimum absolute atomic E-state index is 0.347. The van der Waals surface area contributed by atoms with E-state index in [1.165, 1.54) is 0 Å². The van der Waals surface area contributed by atoms with E-state index in [0.29, 0.717) is 0 Å². The van der Waals surface area contributed by atoms with Crippen molar-refractivity contribution in [1.82, 2.24) is 4.90 Å². The van der Waals surface area contributed by atoms with Crippen LogP contribution in [0.2, 0.25) is 0 Å². The topological polar surface area (TPSA) is 21.7 Å². The summed E-state index contributed by atoms with van der Waals surface area (Å²) >= 11 is 0. The van der Waals surface area contributed by atoms with Crippen molar-refractivity contribution in [2.75, 3.05) is 13.1 Å². The third kappa shape index (κ3) is 3.44. The van der Waals surface area contributed by atoms with Gasteiger partial charge in [0.05, 0.1) is 11.2 Å². The lowest BCUT2D eigenvalue weighted by atomic mass is 9.84. The van der Waals surface area contributed by atoms with Gasteiger partial charge in [0.15, 0.2) is 0 Å². The fourth-order valence-electron chi connectivity index (χ4n) is 2.49. The van der Waals surface area contributed by atoms with E-state index in [0.717, 1.165) is 13.1 Å². The second kappa shape index (κ2) is 5.78. The van der Waals surface area contributed by atoms with E-state index in [9.17, 15) is 4.39 Å². The summed E-state index contributed by atoms with van der Waals surface area (Å²) in [5, 5.41) is 0. The summed E-state index contributed by atoms with van der Waals surface area (Å²) in [6.45, 7) is 17.6. The highest BCUT2D eigenvalue weighted by Gasteiger charge is 2.53. The van der Waals surface area contributed by atoms with Crippen LogP contribution in [0.3, 0.4) is 0 Å². The van der Waals surface area contributed by atoms with Gasteiger partial charge >= 0.3 is 7.12 Å². The molecule has 0 aliphatic carbocycles. The smallest absolute Gasteiger partial charge is 0.398 e. The first kappa shape index (κ1) is 17.7. The Morgan fingerprint density at radius 1 is 1.10 bits per heavy atom. The zero-order chi connectivity index (χ0) is 15.8. The van der Waals surface area contributed by atoms with Gasteiger partial charge in [0, 0.05) is 5.54 Å². The van der Waals surface area contributed by atoms with E-state index >= 15 is 0 Å². The Morgan fingerprint density at radius 2 is 1.50 bits per heavy atom. The zero-order valence-electron chi connectivity index (χ0n) is 14.2. The number of likely N-dealkylation sites (N-methyl/N-ethyl adjacent to an activating group) is 1. The Labute approximate surface area is 123 Å². The quantitative estimate of drug-likeness (QED) is 0.720. The normalized spacial score (nSPS) is 22.7. The van der Waals surface area contributed by atoms with Gasteiger partial charge in [-0.2, -0.15) is 0 Å². The molecule has 0 amide bonds. The summed E-state index contributed by atoms with van der Waals surface area (Å²) in [6.07, 6.45) is 1.61. The lowest BCUT2D eigenvalue weighted by molar-refractivity contribution is 0.00578. The van der Waals surface area contributed by atoms with Gasteiger partial charge in [-0.3, -0.25) is 4.90 Å². The lowest BCUT2D eigenvalue weighted by Crippen LogP contribution is -2.42. The highest BCUT2D eigenvalue weighted by atomic mass is 19.1. The maximum absolute atomic E-state index is 14.5. The van der Waals surface area contributed by atoms with Crippen molar-refractivity contribution in [2.24, 2.45) is 0 Å². The fourth-order valence-corrected chi connectivity index (χ4v) is 2.49. The van der Waals surface area contributed by atoms with Gasteiger partial charge in [-0.25, -0.2) is 4.39 Å². The predicted octanol–water partition coefficient (Wildman–Crippen LogP) is 3.59.